The van der Waals surface area contributed by atoms with Crippen molar-refractivity contribution in [2.45, 2.75) is 31.0 Å². The van der Waals surface area contributed by atoms with Crippen LogP contribution < -0.4 is 0 Å². The van der Waals surface area contributed by atoms with Crippen LogP contribution in [0.25, 0.3) is 10.8 Å². The lowest BCUT2D eigenvalue weighted by atomic mass is 9.89. The molecule has 2 aromatic carbocycles. The fourth-order valence-electron chi connectivity index (χ4n) is 3.37. The summed E-state index contributed by atoms with van der Waals surface area (Å²) < 4.78 is 0. The zero-order valence-corrected chi connectivity index (χ0v) is 13.4. The number of hydrogen-bond acceptors (Lipinski definition) is 0. The molecule has 1 aliphatic carbocycles. The second kappa shape index (κ2) is 5.46. The molecule has 2 heteroatoms. The minimum atomic E-state index is 0.437. The van der Waals surface area contributed by atoms with Gasteiger partial charge >= 0.3 is 0 Å². The summed E-state index contributed by atoms with van der Waals surface area (Å²) in [5, 5.41) is 3.30. The van der Waals surface area contributed by atoms with E-state index in [0.717, 1.165) is 22.2 Å². The van der Waals surface area contributed by atoms with Gasteiger partial charge in [0.05, 0.1) is 0 Å². The van der Waals surface area contributed by atoms with Crippen molar-refractivity contribution in [3.05, 3.63) is 47.0 Å². The van der Waals surface area contributed by atoms with Crippen molar-refractivity contribution < 1.29 is 0 Å². The molecule has 3 unspecified atom stereocenters. The van der Waals surface area contributed by atoms with Gasteiger partial charge in [0.25, 0.3) is 0 Å². The molecule has 1 aliphatic rings. The fraction of sp³-hybridized carbons (Fsp3) is 0.412. The zero-order chi connectivity index (χ0) is 13.4. The Hall–Kier alpha value is -0.530. The lowest BCUT2D eigenvalue weighted by Crippen LogP contribution is -2.10. The van der Waals surface area contributed by atoms with E-state index in [-0.39, 0.29) is 0 Å². The topological polar surface area (TPSA) is 0 Å². The quantitative estimate of drug-likeness (QED) is 0.559. The summed E-state index contributed by atoms with van der Waals surface area (Å²) in [5.74, 6) is 1.54. The lowest BCUT2D eigenvalue weighted by Gasteiger charge is -2.23. The summed E-state index contributed by atoms with van der Waals surface area (Å²) >= 11 is 10.3. The van der Waals surface area contributed by atoms with E-state index in [1.165, 1.54) is 30.2 Å². The van der Waals surface area contributed by atoms with Crippen LogP contribution in [0.4, 0.5) is 0 Å². The minimum Gasteiger partial charge on any atom is -0.0837 e. The van der Waals surface area contributed by atoms with Gasteiger partial charge in [0.1, 0.15) is 0 Å². The van der Waals surface area contributed by atoms with Crippen LogP contribution in [0.15, 0.2) is 36.4 Å². The van der Waals surface area contributed by atoms with Crippen LogP contribution in [-0.4, -0.2) is 0 Å². The third kappa shape index (κ3) is 2.43. The van der Waals surface area contributed by atoms with Gasteiger partial charge in [0, 0.05) is 15.2 Å². The second-order valence-electron chi connectivity index (χ2n) is 5.66. The van der Waals surface area contributed by atoms with Gasteiger partial charge in [-0.1, -0.05) is 77.6 Å². The molecule has 0 bridgehead atoms. The third-order valence-corrected chi connectivity index (χ3v) is 6.01. The first-order valence-electron chi connectivity index (χ1n) is 6.99. The van der Waals surface area contributed by atoms with Crippen LogP contribution in [0.1, 0.15) is 36.6 Å². The Balaban J connectivity index is 2.07. The number of rotatable bonds is 2. The van der Waals surface area contributed by atoms with Gasteiger partial charge in [-0.3, -0.25) is 0 Å². The van der Waals surface area contributed by atoms with Gasteiger partial charge in [-0.15, -0.1) is 0 Å². The minimum absolute atomic E-state index is 0.437. The molecular formula is C17H18BrCl. The van der Waals surface area contributed by atoms with E-state index < -0.39 is 0 Å². The van der Waals surface area contributed by atoms with Gasteiger partial charge in [-0.25, -0.2) is 0 Å². The van der Waals surface area contributed by atoms with Crippen LogP contribution in [0.2, 0.25) is 5.02 Å². The molecule has 1 saturated carbocycles. The average Bonchev–Trinajstić information content (AvgIpc) is 2.85. The highest BCUT2D eigenvalue weighted by molar-refractivity contribution is 9.09. The van der Waals surface area contributed by atoms with Crippen LogP contribution in [-0.2, 0) is 0 Å². The zero-order valence-electron chi connectivity index (χ0n) is 11.1. The molecule has 100 valence electrons. The van der Waals surface area contributed by atoms with Crippen molar-refractivity contribution in [2.75, 3.05) is 0 Å². The molecule has 2 aromatic rings. The molecule has 3 rings (SSSR count). The van der Waals surface area contributed by atoms with Gasteiger partial charge in [-0.2, -0.15) is 0 Å². The first-order valence-corrected chi connectivity index (χ1v) is 8.29. The van der Waals surface area contributed by atoms with Gasteiger partial charge in [0.15, 0.2) is 0 Å². The molecule has 0 aromatic heterocycles. The Morgan fingerprint density at radius 2 is 1.84 bits per heavy atom. The summed E-state index contributed by atoms with van der Waals surface area (Å²) in [5.41, 5.74) is 1.39. The molecule has 0 saturated heterocycles. The Kier molecular flexibility index (Phi) is 3.86. The number of alkyl halides is 1. The molecular weight excluding hydrogens is 320 g/mol. The Labute approximate surface area is 128 Å². The van der Waals surface area contributed by atoms with Gasteiger partial charge < -0.3 is 0 Å². The average molecular weight is 338 g/mol. The molecule has 0 amide bonds. The van der Waals surface area contributed by atoms with E-state index in [1.807, 2.05) is 6.07 Å². The number of fused-ring (bicyclic) bond motifs is 1. The largest absolute Gasteiger partial charge is 0.0837 e. The summed E-state index contributed by atoms with van der Waals surface area (Å²) in [6.07, 6.45) is 4.05. The fourth-order valence-corrected chi connectivity index (χ4v) is 4.78. The summed E-state index contributed by atoms with van der Waals surface area (Å²) in [6, 6.07) is 12.7. The predicted octanol–water partition coefficient (Wildman–Crippen LogP) is 6.37. The molecule has 0 nitrogen and oxygen atoms in total. The second-order valence-corrected chi connectivity index (χ2v) is 7.05. The third-order valence-electron chi connectivity index (χ3n) is 4.51. The van der Waals surface area contributed by atoms with Crippen molar-refractivity contribution in [1.82, 2.24) is 0 Å². The molecule has 3 atom stereocenters. The van der Waals surface area contributed by atoms with Crippen molar-refractivity contribution in [2.24, 2.45) is 11.8 Å². The smallest absolute Gasteiger partial charge is 0.0484 e. The SMILES string of the molecule is CC1CCCC1C(Br)c1ccc(Cl)c2ccccc12. The molecule has 0 N–H and O–H groups in total. The lowest BCUT2D eigenvalue weighted by molar-refractivity contribution is 0.415. The Morgan fingerprint density at radius 1 is 1.11 bits per heavy atom. The van der Waals surface area contributed by atoms with Crippen LogP contribution in [0, 0.1) is 11.8 Å². The highest BCUT2D eigenvalue weighted by Gasteiger charge is 2.31. The van der Waals surface area contributed by atoms with Crippen molar-refractivity contribution in [1.29, 1.82) is 0 Å². The highest BCUT2D eigenvalue weighted by atomic mass is 79.9. The molecule has 0 radical (unpaired) electrons. The molecule has 0 aliphatic heterocycles. The van der Waals surface area contributed by atoms with E-state index in [4.69, 9.17) is 11.6 Å². The summed E-state index contributed by atoms with van der Waals surface area (Å²) in [4.78, 5) is 0.437. The first kappa shape index (κ1) is 13.5. The number of benzene rings is 2. The van der Waals surface area contributed by atoms with Crippen molar-refractivity contribution >= 4 is 38.3 Å². The maximum Gasteiger partial charge on any atom is 0.0484 e. The molecule has 1 fully saturated rings. The van der Waals surface area contributed by atoms with E-state index in [0.29, 0.717) is 4.83 Å². The summed E-state index contributed by atoms with van der Waals surface area (Å²) in [6.45, 7) is 2.38. The van der Waals surface area contributed by atoms with Gasteiger partial charge in [-0.05, 0) is 35.3 Å². The van der Waals surface area contributed by atoms with Crippen LogP contribution in [0.3, 0.4) is 0 Å². The molecule has 0 spiro atoms. The molecule has 19 heavy (non-hydrogen) atoms. The molecule has 0 heterocycles. The monoisotopic (exact) mass is 336 g/mol. The van der Waals surface area contributed by atoms with E-state index in [2.05, 4.69) is 53.2 Å². The summed E-state index contributed by atoms with van der Waals surface area (Å²) in [7, 11) is 0. The normalized spacial score (nSPS) is 24.8. The maximum atomic E-state index is 6.31. The number of hydrogen-bond donors (Lipinski definition) is 0. The number of halogens is 2. The van der Waals surface area contributed by atoms with Crippen LogP contribution in [0.5, 0.6) is 0 Å². The van der Waals surface area contributed by atoms with E-state index >= 15 is 0 Å². The van der Waals surface area contributed by atoms with E-state index in [1.54, 1.807) is 0 Å². The Bertz CT molecular complexity index is 593. The Morgan fingerprint density at radius 3 is 2.53 bits per heavy atom. The first-order chi connectivity index (χ1) is 9.18. The maximum absolute atomic E-state index is 6.31. The van der Waals surface area contributed by atoms with Crippen LogP contribution >= 0.6 is 27.5 Å². The highest BCUT2D eigenvalue weighted by Crippen LogP contribution is 2.46. The van der Waals surface area contributed by atoms with E-state index in [9.17, 15) is 0 Å². The van der Waals surface area contributed by atoms with Crippen molar-refractivity contribution in [3.63, 3.8) is 0 Å². The van der Waals surface area contributed by atoms with Crippen molar-refractivity contribution in [3.8, 4) is 0 Å². The predicted molar refractivity (Wildman–Crippen MR) is 87.1 cm³/mol. The van der Waals surface area contributed by atoms with Gasteiger partial charge in [0.2, 0.25) is 0 Å². The standard InChI is InChI=1S/C17H18BrCl/c1-11-5-4-8-12(11)17(18)15-9-10-16(19)14-7-3-2-6-13(14)15/h2-3,6-7,9-12,17H,4-5,8H2,1H3.